The van der Waals surface area contributed by atoms with E-state index in [0.29, 0.717) is 25.7 Å². The smallest absolute Gasteiger partial charge is 0.462 e. The highest BCUT2D eigenvalue weighted by atomic mass is 31.2. The van der Waals surface area contributed by atoms with Gasteiger partial charge in [-0.2, -0.15) is 0 Å². The summed E-state index contributed by atoms with van der Waals surface area (Å²) < 4.78 is 68.3. The van der Waals surface area contributed by atoms with Crippen LogP contribution in [0.4, 0.5) is 0 Å². The lowest BCUT2D eigenvalue weighted by Crippen LogP contribution is -2.30. The van der Waals surface area contributed by atoms with Gasteiger partial charge in [0, 0.05) is 25.7 Å². The molecule has 17 nitrogen and oxygen atoms in total. The van der Waals surface area contributed by atoms with Gasteiger partial charge in [-0.1, -0.05) is 318 Å². The molecule has 0 aromatic rings. The number of ether oxygens (including phenoxy) is 4. The first-order chi connectivity index (χ1) is 43.9. The SMILES string of the molecule is CCCCCCCCCCCCCCCCCCCC(=O)O[C@H](COC(=O)CCCCCCCCCCCCC(C)C)COP(=O)(O)OC[C@@H](O)COP(=O)(O)OC[C@@H](COC(=O)CCCCCCCCCCCC)OC(=O)CCCCCCCCCCC(C)C. The molecule has 0 aliphatic carbocycles. The predicted octanol–water partition coefficient (Wildman–Crippen LogP) is 20.8. The number of carbonyl (C=O) groups is 4. The average molecular weight is 1340 g/mol. The van der Waals surface area contributed by atoms with E-state index in [9.17, 15) is 43.2 Å². The minimum Gasteiger partial charge on any atom is -0.462 e. The highest BCUT2D eigenvalue weighted by Crippen LogP contribution is 2.45. The van der Waals surface area contributed by atoms with Crippen molar-refractivity contribution < 1.29 is 80.2 Å². The van der Waals surface area contributed by atoms with Crippen molar-refractivity contribution in [2.45, 2.75) is 387 Å². The molecule has 0 amide bonds. The molecule has 0 aliphatic rings. The molecule has 5 atom stereocenters. The molecule has 0 saturated heterocycles. The minimum absolute atomic E-state index is 0.105. The van der Waals surface area contributed by atoms with Crippen LogP contribution < -0.4 is 0 Å². The molecule has 0 aromatic carbocycles. The van der Waals surface area contributed by atoms with Crippen LogP contribution in [0.2, 0.25) is 0 Å². The largest absolute Gasteiger partial charge is 0.472 e. The van der Waals surface area contributed by atoms with E-state index in [0.717, 1.165) is 102 Å². The second kappa shape index (κ2) is 64.1. The molecule has 91 heavy (non-hydrogen) atoms. The highest BCUT2D eigenvalue weighted by Gasteiger charge is 2.30. The Morgan fingerprint density at radius 1 is 0.297 bits per heavy atom. The fraction of sp³-hybridized carbons (Fsp3) is 0.944. The third-order valence-corrected chi connectivity index (χ3v) is 18.6. The number of unbranched alkanes of at least 4 members (excludes halogenated alkanes) is 41. The van der Waals surface area contributed by atoms with Crippen LogP contribution in [0, 0.1) is 11.8 Å². The number of phosphoric ester groups is 2. The average Bonchev–Trinajstić information content (AvgIpc) is 3.20. The van der Waals surface area contributed by atoms with Gasteiger partial charge in [-0.15, -0.1) is 0 Å². The fourth-order valence-corrected chi connectivity index (χ4v) is 12.5. The first-order valence-corrected chi connectivity index (χ1v) is 40.5. The summed E-state index contributed by atoms with van der Waals surface area (Å²) >= 11 is 0. The van der Waals surface area contributed by atoms with Crippen LogP contribution in [-0.2, 0) is 65.4 Å². The Morgan fingerprint density at radius 2 is 0.505 bits per heavy atom. The van der Waals surface area contributed by atoms with E-state index < -0.39 is 97.5 Å². The van der Waals surface area contributed by atoms with E-state index in [1.54, 1.807) is 0 Å². The summed E-state index contributed by atoms with van der Waals surface area (Å²) in [5.41, 5.74) is 0. The van der Waals surface area contributed by atoms with Gasteiger partial charge in [-0.3, -0.25) is 37.3 Å². The van der Waals surface area contributed by atoms with Gasteiger partial charge >= 0.3 is 39.5 Å². The van der Waals surface area contributed by atoms with E-state index >= 15 is 0 Å². The monoisotopic (exact) mass is 1340 g/mol. The van der Waals surface area contributed by atoms with Crippen molar-refractivity contribution >= 4 is 39.5 Å². The number of carbonyl (C=O) groups excluding carboxylic acids is 4. The molecular formula is C72H140O17P2. The number of esters is 4. The summed E-state index contributed by atoms with van der Waals surface area (Å²) in [6.07, 6.45) is 49.9. The van der Waals surface area contributed by atoms with Crippen LogP contribution in [0.1, 0.15) is 369 Å². The third kappa shape index (κ3) is 66.5. The van der Waals surface area contributed by atoms with E-state index in [2.05, 4.69) is 41.5 Å². The van der Waals surface area contributed by atoms with Crippen molar-refractivity contribution in [1.82, 2.24) is 0 Å². The lowest BCUT2D eigenvalue weighted by Gasteiger charge is -2.21. The Morgan fingerprint density at radius 3 is 0.747 bits per heavy atom. The molecule has 0 aliphatic heterocycles. The first kappa shape index (κ1) is 89.1. The van der Waals surface area contributed by atoms with Crippen LogP contribution in [0.25, 0.3) is 0 Å². The van der Waals surface area contributed by atoms with Crippen molar-refractivity contribution in [3.05, 3.63) is 0 Å². The Hall–Kier alpha value is -1.94. The summed E-state index contributed by atoms with van der Waals surface area (Å²) in [5.74, 6) is -0.645. The quantitative estimate of drug-likeness (QED) is 0.0222. The number of aliphatic hydroxyl groups is 1. The Balaban J connectivity index is 5.24. The zero-order valence-corrected chi connectivity index (χ0v) is 60.9. The summed E-state index contributed by atoms with van der Waals surface area (Å²) in [5, 5.41) is 10.6. The van der Waals surface area contributed by atoms with Gasteiger partial charge in [0.25, 0.3) is 0 Å². The van der Waals surface area contributed by atoms with Gasteiger partial charge in [-0.05, 0) is 37.5 Å². The summed E-state index contributed by atoms with van der Waals surface area (Å²) in [4.78, 5) is 72.6. The van der Waals surface area contributed by atoms with Gasteiger partial charge in [-0.25, -0.2) is 9.13 Å². The molecule has 0 saturated carbocycles. The molecule has 19 heteroatoms. The minimum atomic E-state index is -4.95. The summed E-state index contributed by atoms with van der Waals surface area (Å²) in [7, 11) is -9.90. The normalized spacial score (nSPS) is 14.1. The van der Waals surface area contributed by atoms with Crippen molar-refractivity contribution in [2.75, 3.05) is 39.6 Å². The molecule has 0 heterocycles. The van der Waals surface area contributed by atoms with E-state index in [1.807, 2.05) is 0 Å². The van der Waals surface area contributed by atoms with Crippen molar-refractivity contribution in [1.29, 1.82) is 0 Å². The number of phosphoric acid groups is 2. The molecule has 0 radical (unpaired) electrons. The van der Waals surface area contributed by atoms with E-state index in [-0.39, 0.29) is 25.7 Å². The first-order valence-electron chi connectivity index (χ1n) is 37.5. The zero-order chi connectivity index (χ0) is 67.2. The second-order valence-corrected chi connectivity index (χ2v) is 29.8. The lowest BCUT2D eigenvalue weighted by atomic mass is 10.0. The molecule has 0 aromatic heterocycles. The highest BCUT2D eigenvalue weighted by molar-refractivity contribution is 7.47. The maximum atomic E-state index is 13.0. The number of hydrogen-bond donors (Lipinski definition) is 3. The Kier molecular flexibility index (Phi) is 62.7. The second-order valence-electron chi connectivity index (χ2n) is 26.9. The zero-order valence-electron chi connectivity index (χ0n) is 59.1. The van der Waals surface area contributed by atoms with Gasteiger partial charge in [0.1, 0.15) is 19.3 Å². The van der Waals surface area contributed by atoms with Crippen LogP contribution in [0.5, 0.6) is 0 Å². The number of hydrogen-bond acceptors (Lipinski definition) is 15. The molecule has 3 N–H and O–H groups in total. The standard InChI is InChI=1S/C72H140O17P2/c1-7-9-11-13-15-17-19-20-21-22-23-24-25-31-38-44-50-56-71(76)88-67(60-83-70(75)55-49-43-37-30-27-26-28-34-40-46-52-64(3)4)62-86-90(78,79)84-58-66(73)59-85-91(80,81)87-63-68(61-82-69(74)54-48-42-36-29-18-16-14-12-10-8-2)89-72(77)57-51-45-39-33-32-35-41-47-53-65(5)6/h64-68,73H,7-63H2,1-6H3,(H,78,79)(H,80,81)/t66-,67-,68-/m1/s1. The number of aliphatic hydroxyl groups excluding tert-OH is 1. The van der Waals surface area contributed by atoms with Crippen molar-refractivity contribution in [3.63, 3.8) is 0 Å². The topological polar surface area (TPSA) is 237 Å². The van der Waals surface area contributed by atoms with E-state index in [1.165, 1.54) is 186 Å². The maximum Gasteiger partial charge on any atom is 0.472 e. The van der Waals surface area contributed by atoms with Crippen LogP contribution in [0.3, 0.4) is 0 Å². The predicted molar refractivity (Wildman–Crippen MR) is 368 cm³/mol. The van der Waals surface area contributed by atoms with Gasteiger partial charge in [0.2, 0.25) is 0 Å². The molecule has 0 rings (SSSR count). The fourth-order valence-electron chi connectivity index (χ4n) is 10.9. The lowest BCUT2D eigenvalue weighted by molar-refractivity contribution is -0.161. The Bertz CT molecular complexity index is 1770. The van der Waals surface area contributed by atoms with Crippen LogP contribution >= 0.6 is 15.6 Å². The molecular weight excluding hydrogens is 1200 g/mol. The van der Waals surface area contributed by atoms with Crippen molar-refractivity contribution in [2.24, 2.45) is 11.8 Å². The van der Waals surface area contributed by atoms with Crippen LogP contribution in [0.15, 0.2) is 0 Å². The number of rotatable bonds is 71. The molecule has 0 fully saturated rings. The molecule has 540 valence electrons. The molecule has 0 bridgehead atoms. The van der Waals surface area contributed by atoms with Gasteiger partial charge in [0.15, 0.2) is 12.2 Å². The van der Waals surface area contributed by atoms with Crippen molar-refractivity contribution in [3.8, 4) is 0 Å². The molecule has 2 unspecified atom stereocenters. The summed E-state index contributed by atoms with van der Waals surface area (Å²) in [6.45, 7) is 9.51. The third-order valence-electron chi connectivity index (χ3n) is 16.7. The summed E-state index contributed by atoms with van der Waals surface area (Å²) in [6, 6.07) is 0. The molecule has 0 spiro atoms. The van der Waals surface area contributed by atoms with Gasteiger partial charge < -0.3 is 33.8 Å². The van der Waals surface area contributed by atoms with E-state index in [4.69, 9.17) is 37.0 Å². The Labute approximate surface area is 556 Å². The van der Waals surface area contributed by atoms with Gasteiger partial charge in [0.05, 0.1) is 26.4 Å². The van der Waals surface area contributed by atoms with Crippen LogP contribution in [-0.4, -0.2) is 96.7 Å². The maximum absolute atomic E-state index is 13.0.